The Balaban J connectivity index is 2.02. The topological polar surface area (TPSA) is 39.2 Å². The number of nitrogens with zero attached hydrogens (tertiary/aromatic N) is 1. The van der Waals surface area contributed by atoms with E-state index < -0.39 is 0 Å². The number of carbonyl (C=O) groups excluding carboxylic acids is 1. The summed E-state index contributed by atoms with van der Waals surface area (Å²) in [5.41, 5.74) is 0.490. The van der Waals surface area contributed by atoms with Crippen molar-refractivity contribution >= 4 is 37.8 Å². The van der Waals surface area contributed by atoms with Crippen molar-refractivity contribution in [3.05, 3.63) is 28.5 Å². The lowest BCUT2D eigenvalue weighted by Crippen LogP contribution is -2.28. The fraction of sp³-hybridized carbons (Fsp3) is 0.571. The Labute approximate surface area is 130 Å². The first kappa shape index (κ1) is 15.0. The van der Waals surface area contributed by atoms with Gasteiger partial charge in [-0.25, -0.2) is 9.78 Å². The second-order valence-electron chi connectivity index (χ2n) is 4.79. The van der Waals surface area contributed by atoms with Crippen LogP contribution >= 0.6 is 31.9 Å². The van der Waals surface area contributed by atoms with Gasteiger partial charge in [0.15, 0.2) is 0 Å². The van der Waals surface area contributed by atoms with Crippen LogP contribution in [0.15, 0.2) is 22.9 Å². The van der Waals surface area contributed by atoms with Crippen molar-refractivity contribution in [2.75, 3.05) is 0 Å². The maximum atomic E-state index is 12.2. The number of aromatic nitrogens is 1. The van der Waals surface area contributed by atoms with Crippen LogP contribution in [0.25, 0.3) is 0 Å². The highest BCUT2D eigenvalue weighted by molar-refractivity contribution is 9.10. The van der Waals surface area contributed by atoms with Gasteiger partial charge in [-0.05, 0) is 47.3 Å². The Hall–Kier alpha value is -0.420. The largest absolute Gasteiger partial charge is 0.458 e. The van der Waals surface area contributed by atoms with Crippen molar-refractivity contribution in [2.45, 2.75) is 49.5 Å². The highest BCUT2D eigenvalue weighted by atomic mass is 79.9. The molecule has 0 saturated heterocycles. The van der Waals surface area contributed by atoms with Crippen molar-refractivity contribution in [1.29, 1.82) is 0 Å². The molecule has 1 aliphatic rings. The maximum Gasteiger partial charge on any atom is 0.341 e. The van der Waals surface area contributed by atoms with E-state index in [2.05, 4.69) is 36.8 Å². The highest BCUT2D eigenvalue weighted by Gasteiger charge is 2.25. The molecule has 1 fully saturated rings. The summed E-state index contributed by atoms with van der Waals surface area (Å²) in [5.74, 6) is -0.296. The number of alkyl halides is 1. The molecule has 0 unspecified atom stereocenters. The van der Waals surface area contributed by atoms with E-state index in [-0.39, 0.29) is 16.9 Å². The number of ether oxygens (including phenoxy) is 1. The lowest BCUT2D eigenvalue weighted by molar-refractivity contribution is 0.0258. The van der Waals surface area contributed by atoms with Crippen LogP contribution in [0.4, 0.5) is 0 Å². The molecule has 0 aromatic carbocycles. The fourth-order valence-electron chi connectivity index (χ4n) is 2.28. The molecule has 0 bridgehead atoms. The predicted molar refractivity (Wildman–Crippen MR) is 81.6 cm³/mol. The maximum absolute atomic E-state index is 12.2. The Bertz CT molecular complexity index is 439. The zero-order chi connectivity index (χ0) is 13.7. The van der Waals surface area contributed by atoms with E-state index in [0.29, 0.717) is 10.2 Å². The number of halogens is 2. The molecule has 2 atom stereocenters. The molecule has 1 aliphatic carbocycles. The van der Waals surface area contributed by atoms with Crippen LogP contribution in [0.1, 0.15) is 48.9 Å². The zero-order valence-corrected chi connectivity index (χ0v) is 13.8. The van der Waals surface area contributed by atoms with Crippen LogP contribution in [0, 0.1) is 0 Å². The molecule has 0 radical (unpaired) electrons. The highest BCUT2D eigenvalue weighted by Crippen LogP contribution is 2.26. The summed E-state index contributed by atoms with van der Waals surface area (Å²) in [6, 6.07) is 3.47. The van der Waals surface area contributed by atoms with E-state index in [9.17, 15) is 4.79 Å². The second kappa shape index (κ2) is 7.39. The van der Waals surface area contributed by atoms with E-state index in [1.807, 2.05) is 0 Å². The van der Waals surface area contributed by atoms with E-state index in [1.165, 1.54) is 19.3 Å². The van der Waals surface area contributed by atoms with Gasteiger partial charge in [0, 0.05) is 6.20 Å². The molecule has 19 heavy (non-hydrogen) atoms. The smallest absolute Gasteiger partial charge is 0.341 e. The number of esters is 1. The van der Waals surface area contributed by atoms with Crippen molar-refractivity contribution in [1.82, 2.24) is 4.98 Å². The third-order valence-corrected chi connectivity index (χ3v) is 5.04. The first-order valence-electron chi connectivity index (χ1n) is 6.64. The fourth-order valence-corrected chi connectivity index (χ4v) is 3.39. The SMILES string of the molecule is O=C(O[C@@H]1CCCCCC[C@H]1Br)c1cccnc1Br. The Morgan fingerprint density at radius 1 is 1.26 bits per heavy atom. The molecule has 1 aromatic rings. The summed E-state index contributed by atoms with van der Waals surface area (Å²) < 4.78 is 6.19. The van der Waals surface area contributed by atoms with Crippen LogP contribution in [0.2, 0.25) is 0 Å². The molecule has 2 rings (SSSR count). The third kappa shape index (κ3) is 4.28. The number of carbonyl (C=O) groups is 1. The van der Waals surface area contributed by atoms with Crippen LogP contribution in [-0.4, -0.2) is 21.9 Å². The van der Waals surface area contributed by atoms with Crippen LogP contribution < -0.4 is 0 Å². The predicted octanol–water partition coefficient (Wildman–Crippen LogP) is 4.49. The van der Waals surface area contributed by atoms with Gasteiger partial charge >= 0.3 is 5.97 Å². The molecular formula is C14H17Br2NO2. The standard InChI is InChI=1S/C14H17Br2NO2/c15-11-7-3-1-2-4-8-12(11)19-14(18)10-6-5-9-17-13(10)16/h5-6,9,11-12H,1-4,7-8H2/t11-,12-/m1/s1. The van der Waals surface area contributed by atoms with E-state index in [1.54, 1.807) is 18.3 Å². The Morgan fingerprint density at radius 3 is 2.74 bits per heavy atom. The summed E-state index contributed by atoms with van der Waals surface area (Å²) in [7, 11) is 0. The van der Waals surface area contributed by atoms with Gasteiger partial charge in [-0.15, -0.1) is 0 Å². The second-order valence-corrected chi connectivity index (χ2v) is 6.72. The van der Waals surface area contributed by atoms with Gasteiger partial charge in [-0.2, -0.15) is 0 Å². The van der Waals surface area contributed by atoms with Crippen LogP contribution in [-0.2, 0) is 4.74 Å². The molecular weight excluding hydrogens is 374 g/mol. The van der Waals surface area contributed by atoms with Gasteiger partial charge in [-0.3, -0.25) is 0 Å². The summed E-state index contributed by atoms with van der Waals surface area (Å²) in [5, 5.41) is 0. The van der Waals surface area contributed by atoms with E-state index >= 15 is 0 Å². The molecule has 1 saturated carbocycles. The summed E-state index contributed by atoms with van der Waals surface area (Å²) >= 11 is 6.94. The number of rotatable bonds is 2. The molecule has 1 heterocycles. The Morgan fingerprint density at radius 2 is 2.00 bits per heavy atom. The van der Waals surface area contributed by atoms with Gasteiger partial charge in [0.2, 0.25) is 0 Å². The van der Waals surface area contributed by atoms with Gasteiger partial charge < -0.3 is 4.74 Å². The number of hydrogen-bond acceptors (Lipinski definition) is 3. The molecule has 0 N–H and O–H groups in total. The molecule has 104 valence electrons. The molecule has 0 amide bonds. The van der Waals surface area contributed by atoms with Gasteiger partial charge in [0.25, 0.3) is 0 Å². The lowest BCUT2D eigenvalue weighted by atomic mass is 9.98. The molecule has 0 spiro atoms. The molecule has 5 heteroatoms. The van der Waals surface area contributed by atoms with Gasteiger partial charge in [-0.1, -0.05) is 35.2 Å². The van der Waals surface area contributed by atoms with Crippen molar-refractivity contribution in [3.8, 4) is 0 Å². The Kier molecular flexibility index (Phi) is 5.82. The molecule has 3 nitrogen and oxygen atoms in total. The van der Waals surface area contributed by atoms with Crippen molar-refractivity contribution < 1.29 is 9.53 Å². The van der Waals surface area contributed by atoms with Crippen LogP contribution in [0.5, 0.6) is 0 Å². The quantitative estimate of drug-likeness (QED) is 0.424. The molecule has 0 aliphatic heterocycles. The minimum Gasteiger partial charge on any atom is -0.458 e. The zero-order valence-electron chi connectivity index (χ0n) is 10.6. The summed E-state index contributed by atoms with van der Waals surface area (Å²) in [4.78, 5) is 16.5. The van der Waals surface area contributed by atoms with E-state index in [0.717, 1.165) is 19.3 Å². The number of pyridine rings is 1. The normalized spacial score (nSPS) is 24.3. The van der Waals surface area contributed by atoms with Crippen molar-refractivity contribution in [2.24, 2.45) is 0 Å². The van der Waals surface area contributed by atoms with Crippen molar-refractivity contribution in [3.63, 3.8) is 0 Å². The minimum atomic E-state index is -0.296. The molecule has 1 aromatic heterocycles. The van der Waals surface area contributed by atoms with Gasteiger partial charge in [0.1, 0.15) is 10.7 Å². The minimum absolute atomic E-state index is 0.0418. The average Bonchev–Trinajstić information content (AvgIpc) is 2.39. The third-order valence-electron chi connectivity index (χ3n) is 3.36. The number of hydrogen-bond donors (Lipinski definition) is 0. The summed E-state index contributed by atoms with van der Waals surface area (Å²) in [6.07, 6.45) is 8.41. The average molecular weight is 391 g/mol. The monoisotopic (exact) mass is 389 g/mol. The lowest BCUT2D eigenvalue weighted by Gasteiger charge is -2.25. The van der Waals surface area contributed by atoms with Crippen LogP contribution in [0.3, 0.4) is 0 Å². The first-order valence-corrected chi connectivity index (χ1v) is 8.35. The summed E-state index contributed by atoms with van der Waals surface area (Å²) in [6.45, 7) is 0. The van der Waals surface area contributed by atoms with E-state index in [4.69, 9.17) is 4.74 Å². The first-order chi connectivity index (χ1) is 9.18. The van der Waals surface area contributed by atoms with Gasteiger partial charge in [0.05, 0.1) is 10.4 Å².